The largest absolute Gasteiger partial charge is 0.429 e. The highest BCUT2D eigenvalue weighted by Crippen LogP contribution is 2.39. The molecule has 0 saturated heterocycles. The fourth-order valence-electron chi connectivity index (χ4n) is 2.41. The van der Waals surface area contributed by atoms with Gasteiger partial charge in [0.25, 0.3) is 12.4 Å². The molecule has 96 valence electrons. The van der Waals surface area contributed by atoms with Gasteiger partial charge in [-0.15, -0.1) is 0 Å². The minimum Gasteiger partial charge on any atom is -0.429 e. The van der Waals surface area contributed by atoms with Crippen molar-refractivity contribution >= 4 is 11.9 Å². The van der Waals surface area contributed by atoms with Crippen LogP contribution in [0.3, 0.4) is 0 Å². The smallest absolute Gasteiger partial charge is 0.293 e. The maximum absolute atomic E-state index is 5.87. The summed E-state index contributed by atoms with van der Waals surface area (Å²) in [5.41, 5.74) is 3.63. The molecule has 0 fully saturated rings. The van der Waals surface area contributed by atoms with Crippen LogP contribution in [0.4, 0.5) is 5.69 Å². The van der Waals surface area contributed by atoms with E-state index in [2.05, 4.69) is 55.0 Å². The molecule has 0 N–H and O–H groups in total. The van der Waals surface area contributed by atoms with Crippen molar-refractivity contribution < 1.29 is 9.31 Å². The van der Waals surface area contributed by atoms with Gasteiger partial charge in [0.15, 0.2) is 6.21 Å². The van der Waals surface area contributed by atoms with Crippen molar-refractivity contribution in [2.75, 3.05) is 6.73 Å². The van der Waals surface area contributed by atoms with Crippen LogP contribution in [-0.2, 0) is 0 Å². The van der Waals surface area contributed by atoms with Gasteiger partial charge >= 0.3 is 0 Å². The molecule has 2 aromatic rings. The molecule has 0 amide bonds. The second-order valence-electron chi connectivity index (χ2n) is 5.13. The summed E-state index contributed by atoms with van der Waals surface area (Å²) in [5.74, 6) is 1.51. The van der Waals surface area contributed by atoms with Crippen LogP contribution in [0.1, 0.15) is 30.9 Å². The fraction of sp³-hybridized carbons (Fsp3) is 0.235. The van der Waals surface area contributed by atoms with Gasteiger partial charge in [-0.2, -0.15) is 4.58 Å². The Bertz CT molecular complexity index is 614. The van der Waals surface area contributed by atoms with Gasteiger partial charge in [0.1, 0.15) is 0 Å². The maximum atomic E-state index is 5.87. The summed E-state index contributed by atoms with van der Waals surface area (Å²) in [4.78, 5) is 0. The van der Waals surface area contributed by atoms with E-state index in [0.717, 1.165) is 11.4 Å². The lowest BCUT2D eigenvalue weighted by atomic mass is 10.0. The topological polar surface area (TPSA) is 12.2 Å². The zero-order chi connectivity index (χ0) is 13.2. The lowest BCUT2D eigenvalue weighted by molar-refractivity contribution is -0.452. The van der Waals surface area contributed by atoms with Crippen molar-refractivity contribution in [2.45, 2.75) is 19.8 Å². The summed E-state index contributed by atoms with van der Waals surface area (Å²) in [5, 5.41) is 0. The Hall–Kier alpha value is -2.09. The van der Waals surface area contributed by atoms with Gasteiger partial charge in [0.05, 0.1) is 0 Å². The van der Waals surface area contributed by atoms with Crippen LogP contribution in [0, 0.1) is 0 Å². The number of para-hydroxylation sites is 1. The molecule has 0 saturated carbocycles. The molecular weight excluding hydrogens is 234 g/mol. The predicted molar refractivity (Wildman–Crippen MR) is 77.6 cm³/mol. The molecular formula is C17H18NO+. The lowest BCUT2D eigenvalue weighted by Crippen LogP contribution is -2.06. The summed E-state index contributed by atoms with van der Waals surface area (Å²) >= 11 is 0. The molecule has 2 aromatic carbocycles. The van der Waals surface area contributed by atoms with E-state index in [1.54, 1.807) is 0 Å². The van der Waals surface area contributed by atoms with Crippen molar-refractivity contribution in [2.24, 2.45) is 0 Å². The first-order valence-electron chi connectivity index (χ1n) is 6.68. The van der Waals surface area contributed by atoms with Crippen molar-refractivity contribution in [1.82, 2.24) is 0 Å². The number of benzene rings is 2. The third kappa shape index (κ3) is 2.26. The fourth-order valence-corrected chi connectivity index (χ4v) is 2.41. The molecule has 0 aliphatic carbocycles. The maximum Gasteiger partial charge on any atom is 0.293 e. The Balaban J connectivity index is 2.04. The second kappa shape index (κ2) is 4.88. The van der Waals surface area contributed by atoms with Crippen molar-refractivity contribution in [3.8, 4) is 5.75 Å². The van der Waals surface area contributed by atoms with Crippen LogP contribution < -0.4 is 4.74 Å². The number of nitrogens with zero attached hydrogens (tertiary/aromatic N) is 1. The zero-order valence-corrected chi connectivity index (χ0v) is 11.3. The average Bonchev–Trinajstić information content (AvgIpc) is 2.83. The molecule has 19 heavy (non-hydrogen) atoms. The molecule has 1 aliphatic heterocycles. The summed E-state index contributed by atoms with van der Waals surface area (Å²) in [7, 11) is 0. The van der Waals surface area contributed by atoms with E-state index in [0.29, 0.717) is 12.6 Å². The van der Waals surface area contributed by atoms with E-state index < -0.39 is 0 Å². The van der Waals surface area contributed by atoms with Crippen LogP contribution in [0.5, 0.6) is 5.75 Å². The van der Waals surface area contributed by atoms with Gasteiger partial charge in [-0.25, -0.2) is 0 Å². The zero-order valence-electron chi connectivity index (χ0n) is 11.3. The van der Waals surface area contributed by atoms with Gasteiger partial charge in [-0.1, -0.05) is 44.2 Å². The van der Waals surface area contributed by atoms with Crippen molar-refractivity contribution in [1.29, 1.82) is 0 Å². The quantitative estimate of drug-likeness (QED) is 0.738. The first kappa shape index (κ1) is 12.0. The summed E-state index contributed by atoms with van der Waals surface area (Å²) in [6, 6.07) is 16.7. The van der Waals surface area contributed by atoms with E-state index in [9.17, 15) is 0 Å². The van der Waals surface area contributed by atoms with Crippen LogP contribution >= 0.6 is 0 Å². The molecule has 1 heterocycles. The summed E-state index contributed by atoms with van der Waals surface area (Å²) < 4.78 is 8.03. The minimum absolute atomic E-state index is 0.478. The Morgan fingerprint density at radius 3 is 2.58 bits per heavy atom. The van der Waals surface area contributed by atoms with Crippen LogP contribution in [0.2, 0.25) is 0 Å². The molecule has 0 atom stereocenters. The predicted octanol–water partition coefficient (Wildman–Crippen LogP) is 3.92. The standard InChI is InChI=1S/C17H18NO/c1-13(2)15-9-6-10-16-17(15)19-12-18(16)11-14-7-4-3-5-8-14/h3-11,13H,12H2,1-2H3/q+1/b18-11-. The Morgan fingerprint density at radius 2 is 1.84 bits per heavy atom. The molecule has 0 bridgehead atoms. The highest BCUT2D eigenvalue weighted by atomic mass is 16.5. The van der Waals surface area contributed by atoms with Crippen molar-refractivity contribution in [3.63, 3.8) is 0 Å². The Labute approximate surface area is 114 Å². The van der Waals surface area contributed by atoms with Crippen LogP contribution in [0.25, 0.3) is 0 Å². The summed E-state index contributed by atoms with van der Waals surface area (Å²) in [6.45, 7) is 4.99. The third-order valence-electron chi connectivity index (χ3n) is 3.41. The number of rotatable bonds is 2. The highest BCUT2D eigenvalue weighted by Gasteiger charge is 2.28. The Morgan fingerprint density at radius 1 is 1.05 bits per heavy atom. The number of hydrogen-bond donors (Lipinski definition) is 0. The number of ether oxygens (including phenoxy) is 1. The number of fused-ring (bicyclic) bond motifs is 1. The first-order chi connectivity index (χ1) is 9.25. The van der Waals surface area contributed by atoms with Gasteiger partial charge in [-0.3, -0.25) is 0 Å². The third-order valence-corrected chi connectivity index (χ3v) is 3.41. The number of hydrogen-bond acceptors (Lipinski definition) is 1. The first-order valence-corrected chi connectivity index (χ1v) is 6.68. The van der Waals surface area contributed by atoms with Gasteiger partial charge in [0, 0.05) is 17.2 Å². The highest BCUT2D eigenvalue weighted by molar-refractivity contribution is 5.77. The molecule has 0 aromatic heterocycles. The average molecular weight is 252 g/mol. The van der Waals surface area contributed by atoms with E-state index in [-0.39, 0.29) is 0 Å². The summed E-state index contributed by atoms with van der Waals surface area (Å²) in [6.07, 6.45) is 2.13. The molecule has 2 nitrogen and oxygen atoms in total. The van der Waals surface area contributed by atoms with Crippen molar-refractivity contribution in [3.05, 3.63) is 59.7 Å². The monoisotopic (exact) mass is 252 g/mol. The SMILES string of the molecule is CC(C)c1cccc2c1OC/[N+]2=C/c1ccccc1. The molecule has 1 aliphatic rings. The van der Waals surface area contributed by atoms with Gasteiger partial charge < -0.3 is 4.74 Å². The molecule has 0 spiro atoms. The van der Waals surface area contributed by atoms with E-state index in [1.807, 2.05) is 18.2 Å². The van der Waals surface area contributed by atoms with Crippen LogP contribution in [0.15, 0.2) is 48.5 Å². The second-order valence-corrected chi connectivity index (χ2v) is 5.13. The normalized spacial score (nSPS) is 15.6. The van der Waals surface area contributed by atoms with E-state index in [4.69, 9.17) is 4.74 Å². The Kier molecular flexibility index (Phi) is 3.08. The molecule has 2 heteroatoms. The lowest BCUT2D eigenvalue weighted by Gasteiger charge is -2.06. The molecule has 3 rings (SSSR count). The van der Waals surface area contributed by atoms with E-state index >= 15 is 0 Å². The van der Waals surface area contributed by atoms with E-state index in [1.165, 1.54) is 11.1 Å². The minimum atomic E-state index is 0.478. The molecule has 0 radical (unpaired) electrons. The van der Waals surface area contributed by atoms with Crippen LogP contribution in [-0.4, -0.2) is 17.5 Å². The van der Waals surface area contributed by atoms with Gasteiger partial charge in [0.2, 0.25) is 5.75 Å². The molecule has 0 unspecified atom stereocenters. The van der Waals surface area contributed by atoms with Gasteiger partial charge in [-0.05, 0) is 18.1 Å².